The van der Waals surface area contributed by atoms with Gasteiger partial charge < -0.3 is 40.7 Å². The van der Waals surface area contributed by atoms with Gasteiger partial charge in [0.25, 0.3) is 23.6 Å². The predicted molar refractivity (Wildman–Crippen MR) is 360 cm³/mol. The van der Waals surface area contributed by atoms with E-state index < -0.39 is 11.9 Å². The van der Waals surface area contributed by atoms with Crippen LogP contribution in [-0.2, 0) is 36.9 Å². The van der Waals surface area contributed by atoms with Gasteiger partial charge in [0.2, 0.25) is 11.4 Å². The van der Waals surface area contributed by atoms with Gasteiger partial charge in [-0.25, -0.2) is 19.6 Å². The number of carbonyl (C=O) groups is 7. The molecule has 2 aromatic heterocycles. The lowest BCUT2D eigenvalue weighted by molar-refractivity contribution is -0.450. The van der Waals surface area contributed by atoms with Crippen molar-refractivity contribution in [1.82, 2.24) is 31.2 Å². The van der Waals surface area contributed by atoms with Crippen molar-refractivity contribution in [3.8, 4) is 0 Å². The van der Waals surface area contributed by atoms with Crippen LogP contribution in [0.1, 0.15) is 136 Å². The molecule has 7 aliphatic rings. The van der Waals surface area contributed by atoms with E-state index in [1.165, 1.54) is 0 Å². The maximum Gasteiger partial charge on any atom is 0.333 e. The number of carbonyl (C=O) groups excluding carboxylic acids is 7. The first-order valence-corrected chi connectivity index (χ1v) is 31.9. The number of Topliss-reactive ketones (excluding diaryl/α,β-unsaturated/α-hetero) is 1. The second-order valence-electron chi connectivity index (χ2n) is 24.1. The Hall–Kier alpha value is -10.6. The van der Waals surface area contributed by atoms with E-state index in [1.54, 1.807) is 74.5 Å². The van der Waals surface area contributed by atoms with Crippen LogP contribution in [0.25, 0.3) is 5.57 Å². The number of benzene rings is 4. The molecule has 3 aliphatic carbocycles. The van der Waals surface area contributed by atoms with Crippen molar-refractivity contribution in [2.75, 3.05) is 31.1 Å². The normalized spacial score (nSPS) is 17.3. The molecule has 1 fully saturated rings. The summed E-state index contributed by atoms with van der Waals surface area (Å²) < 4.78 is 13.5. The maximum absolute atomic E-state index is 13.6. The lowest BCUT2D eigenvalue weighted by atomic mass is 9.80. The van der Waals surface area contributed by atoms with Crippen molar-refractivity contribution >= 4 is 69.7 Å². The zero-order chi connectivity index (χ0) is 67.0. The van der Waals surface area contributed by atoms with E-state index in [-0.39, 0.29) is 94.4 Å². The molecule has 6 aromatic rings. The molecular weight excluding hydrogens is 1180 g/mol. The number of esters is 2. The summed E-state index contributed by atoms with van der Waals surface area (Å²) in [5.41, 5.74) is 10.3. The van der Waals surface area contributed by atoms with Gasteiger partial charge in [-0.05, 0) is 161 Å². The van der Waals surface area contributed by atoms with Gasteiger partial charge in [0.15, 0.2) is 18.4 Å². The van der Waals surface area contributed by atoms with E-state index in [4.69, 9.17) is 9.47 Å². The standard InChI is InChI=1S/C46H48N2O6.C30H32N6O4/c1-9-39(53-45(51)29(3)4)27-47(35-19-11-31(7)12-20-35)37-23-15-33(16-24-37)41-43(49)42(44(41)50)34-17-25-38(26-18-34)48(36-21-13-32(8)14-22-36)28-40(10-2)54-46(52)30(5)6;37-27-23-3-1-4-24(35-23)28(38)32-16-20-9-13-22(14-10-20)18-34-30(40)26-6-2-5-25(36-26)29(39)33-17-21-11-7-19(8-12-21)15-31-27/h11-26,39-40H,3,5,9-10,27-28H2,1-2,4,6-8H3;1-8,11-12,20,22H,9-10,13-18H2,(H,31,37)(H,32,38)(H,33,39)(H,34,40). The number of aryl methyl sites for hydroxylation is 2. The van der Waals surface area contributed by atoms with Crippen LogP contribution >= 0.6 is 0 Å². The average molecular weight is 1270 g/mol. The number of ketones is 1. The molecule has 18 nitrogen and oxygen atoms in total. The topological polar surface area (TPSA) is 241 Å². The fourth-order valence-corrected chi connectivity index (χ4v) is 11.1. The molecule has 18 heteroatoms. The van der Waals surface area contributed by atoms with Crippen molar-refractivity contribution < 1.29 is 52.7 Å². The maximum atomic E-state index is 13.6. The number of aromatic nitrogens is 2. The lowest BCUT2D eigenvalue weighted by Crippen LogP contribution is -2.35. The minimum absolute atomic E-state index is 0.149. The Bertz CT molecular complexity index is 3900. The molecule has 13 rings (SSSR count). The van der Waals surface area contributed by atoms with Gasteiger partial charge in [0.05, 0.1) is 6.54 Å². The number of nitrogens with zero attached hydrogens (tertiary/aromatic N) is 4. The van der Waals surface area contributed by atoms with Crippen LogP contribution in [0.2, 0.25) is 0 Å². The SMILES string of the molecule is C=C(C)C(=O)OC(CC)CN(c1ccc(C)cc1)c1ccc(C2=C([O-])C(=C3C=CC(=[N+](CC(CC)OC(=O)C(=C)C)c4ccc(C)cc4)C=C3)C2=O)cc1.O=C1NCc2ccc(cc2)CNC(=O)c2cccc(n2)C(=O)NCC2CCC(CC2)CNC(=O)c2cccc1n2. The number of amides is 4. The molecule has 4 aliphatic heterocycles. The molecule has 8 bridgehead atoms. The largest absolute Gasteiger partial charge is 0.871 e. The summed E-state index contributed by atoms with van der Waals surface area (Å²) in [6.45, 7) is 21.1. The Morgan fingerprint density at radius 3 is 1.40 bits per heavy atom. The molecule has 0 saturated heterocycles. The van der Waals surface area contributed by atoms with Crippen LogP contribution in [0.15, 0.2) is 199 Å². The lowest BCUT2D eigenvalue weighted by Gasteiger charge is -2.33. The Labute approximate surface area is 549 Å². The number of nitrogens with one attached hydrogen (secondary N) is 4. The fourth-order valence-electron chi connectivity index (χ4n) is 11.1. The quantitative estimate of drug-likeness (QED) is 0.0451. The molecule has 4 aromatic carbocycles. The molecule has 6 heterocycles. The van der Waals surface area contributed by atoms with E-state index in [0.717, 1.165) is 70.7 Å². The molecule has 0 radical (unpaired) electrons. The fraction of sp³-hybridized carbons (Fsp3) is 0.289. The van der Waals surface area contributed by atoms with E-state index in [9.17, 15) is 38.7 Å². The first-order chi connectivity index (χ1) is 45.2. The van der Waals surface area contributed by atoms with Crippen molar-refractivity contribution in [3.63, 3.8) is 0 Å². The summed E-state index contributed by atoms with van der Waals surface area (Å²) in [5.74, 6) is -2.14. The van der Waals surface area contributed by atoms with Crippen LogP contribution in [0, 0.1) is 25.7 Å². The van der Waals surface area contributed by atoms with Crippen molar-refractivity contribution in [2.45, 2.75) is 105 Å². The third kappa shape index (κ3) is 17.5. The molecule has 4 amide bonds. The van der Waals surface area contributed by atoms with Crippen LogP contribution < -0.4 is 31.3 Å². The number of anilines is 2. The highest BCUT2D eigenvalue weighted by Gasteiger charge is 2.32. The predicted octanol–water partition coefficient (Wildman–Crippen LogP) is 10.7. The first kappa shape index (κ1) is 67.8. The molecule has 2 unspecified atom stereocenters. The highest BCUT2D eigenvalue weighted by Crippen LogP contribution is 2.39. The minimum Gasteiger partial charge on any atom is -0.871 e. The van der Waals surface area contributed by atoms with Gasteiger partial charge in [-0.2, -0.15) is 4.58 Å². The van der Waals surface area contributed by atoms with Crippen LogP contribution in [0.3, 0.4) is 0 Å². The summed E-state index contributed by atoms with van der Waals surface area (Å²) in [6, 6.07) is 40.6. The molecular formula is C76H80N8O10. The summed E-state index contributed by atoms with van der Waals surface area (Å²) in [5, 5.41) is 25.2. The summed E-state index contributed by atoms with van der Waals surface area (Å²) in [4.78, 5) is 99.8. The zero-order valence-corrected chi connectivity index (χ0v) is 54.1. The third-order valence-electron chi connectivity index (χ3n) is 16.9. The molecule has 4 N–H and O–H groups in total. The van der Waals surface area contributed by atoms with Crippen LogP contribution in [0.4, 0.5) is 17.1 Å². The van der Waals surface area contributed by atoms with E-state index in [0.29, 0.717) is 73.1 Å². The number of pyridine rings is 2. The Kier molecular flexibility index (Phi) is 22.8. The smallest absolute Gasteiger partial charge is 0.333 e. The van der Waals surface area contributed by atoms with Crippen molar-refractivity contribution in [1.29, 1.82) is 0 Å². The van der Waals surface area contributed by atoms with Crippen molar-refractivity contribution in [2.24, 2.45) is 11.8 Å². The molecule has 0 spiro atoms. The Morgan fingerprint density at radius 1 is 0.564 bits per heavy atom. The van der Waals surface area contributed by atoms with Crippen LogP contribution in [0.5, 0.6) is 0 Å². The van der Waals surface area contributed by atoms with Gasteiger partial charge >= 0.3 is 11.9 Å². The second-order valence-corrected chi connectivity index (χ2v) is 24.1. The van der Waals surface area contributed by atoms with E-state index in [2.05, 4.69) is 53.9 Å². The van der Waals surface area contributed by atoms with Gasteiger partial charge in [0.1, 0.15) is 28.9 Å². The highest BCUT2D eigenvalue weighted by molar-refractivity contribution is 6.39. The second kappa shape index (κ2) is 31.6. The number of ether oxygens (including phenoxy) is 2. The molecule has 484 valence electrons. The van der Waals surface area contributed by atoms with Crippen LogP contribution in [-0.4, -0.2) is 100.0 Å². The zero-order valence-electron chi connectivity index (χ0n) is 54.1. The highest BCUT2D eigenvalue weighted by atomic mass is 16.5. The Morgan fingerprint density at radius 2 is 0.979 bits per heavy atom. The average Bonchev–Trinajstić information content (AvgIpc) is 0.747. The number of hydrogen-bond acceptors (Lipinski definition) is 13. The minimum atomic E-state index is -0.434. The number of rotatable bonds is 14. The number of hydrogen-bond donors (Lipinski definition) is 4. The Balaban J connectivity index is 0.000000231. The molecule has 2 atom stereocenters. The third-order valence-corrected chi connectivity index (χ3v) is 16.9. The van der Waals surface area contributed by atoms with Gasteiger partial charge in [-0.15, -0.1) is 0 Å². The van der Waals surface area contributed by atoms with Gasteiger partial charge in [0, 0.05) is 84.1 Å². The summed E-state index contributed by atoms with van der Waals surface area (Å²) >= 11 is 0. The van der Waals surface area contributed by atoms with E-state index >= 15 is 0 Å². The van der Waals surface area contributed by atoms with E-state index in [1.807, 2.05) is 125 Å². The molecule has 1 saturated carbocycles. The summed E-state index contributed by atoms with van der Waals surface area (Å²) in [7, 11) is 0. The first-order valence-electron chi connectivity index (χ1n) is 31.9. The van der Waals surface area contributed by atoms with Gasteiger partial charge in [-0.1, -0.05) is 117 Å². The number of allylic oxidation sites excluding steroid dienone is 7. The summed E-state index contributed by atoms with van der Waals surface area (Å²) in [6.07, 6.45) is 11.5. The van der Waals surface area contributed by atoms with Gasteiger partial charge in [-0.3, -0.25) is 24.0 Å². The van der Waals surface area contributed by atoms with Crippen molar-refractivity contribution in [3.05, 3.63) is 250 Å². The monoisotopic (exact) mass is 1260 g/mol. The molecule has 94 heavy (non-hydrogen) atoms.